The van der Waals surface area contributed by atoms with Crippen molar-refractivity contribution in [3.8, 4) is 0 Å². The Morgan fingerprint density at radius 2 is 1.86 bits per heavy atom. The summed E-state index contributed by atoms with van der Waals surface area (Å²) in [4.78, 5) is 23.8. The number of hydrogen-bond acceptors (Lipinski definition) is 4. The molecule has 2 heterocycles. The average molecular weight is 380 g/mol. The summed E-state index contributed by atoms with van der Waals surface area (Å²) in [6, 6.07) is 6.06. The van der Waals surface area contributed by atoms with Gasteiger partial charge in [-0.15, -0.1) is 0 Å². The molecule has 1 saturated heterocycles. The van der Waals surface area contributed by atoms with E-state index in [1.54, 1.807) is 6.33 Å². The van der Waals surface area contributed by atoms with Crippen molar-refractivity contribution in [3.63, 3.8) is 0 Å². The Bertz CT molecular complexity index is 858. The van der Waals surface area contributed by atoms with Crippen molar-refractivity contribution in [1.82, 2.24) is 15.3 Å². The molecular weight excluding hydrogens is 350 g/mol. The number of aryl methyl sites for hydroxylation is 3. The molecule has 0 atom stereocenters. The summed E-state index contributed by atoms with van der Waals surface area (Å²) in [6.07, 6.45) is 8.18. The van der Waals surface area contributed by atoms with Gasteiger partial charge in [-0.1, -0.05) is 6.07 Å². The van der Waals surface area contributed by atoms with Crippen molar-refractivity contribution in [2.24, 2.45) is 0 Å². The van der Waals surface area contributed by atoms with Crippen LogP contribution in [0.15, 0.2) is 24.5 Å². The Labute approximate surface area is 166 Å². The molecule has 0 spiro atoms. The van der Waals surface area contributed by atoms with E-state index >= 15 is 0 Å². The summed E-state index contributed by atoms with van der Waals surface area (Å²) in [5.74, 6) is 1.11. The monoisotopic (exact) mass is 379 g/mol. The van der Waals surface area contributed by atoms with Crippen LogP contribution in [0.1, 0.15) is 48.1 Å². The minimum atomic E-state index is -0.124. The smallest absolute Gasteiger partial charge is 0.319 e. The van der Waals surface area contributed by atoms with Gasteiger partial charge in [0.2, 0.25) is 0 Å². The summed E-state index contributed by atoms with van der Waals surface area (Å²) in [7, 11) is 0. The van der Waals surface area contributed by atoms with Crippen LogP contribution >= 0.6 is 0 Å². The second-order valence-corrected chi connectivity index (χ2v) is 7.99. The van der Waals surface area contributed by atoms with Gasteiger partial charge in [0.25, 0.3) is 0 Å². The van der Waals surface area contributed by atoms with Crippen molar-refractivity contribution in [3.05, 3.63) is 46.9 Å². The maximum Gasteiger partial charge on any atom is 0.319 e. The number of aromatic nitrogens is 2. The highest BCUT2D eigenvalue weighted by molar-refractivity contribution is 5.89. The number of nitrogens with one attached hydrogen (secondary N) is 2. The highest BCUT2D eigenvalue weighted by Crippen LogP contribution is 2.28. The number of hydrogen-bond donors (Lipinski definition) is 2. The SMILES string of the molecule is Cc1ccc(NC(=O)NC2CCN(c3ncnc4c3CCCC4)CC2)cc1C. The van der Waals surface area contributed by atoms with Crippen molar-refractivity contribution in [2.45, 2.75) is 58.4 Å². The number of benzene rings is 1. The third-order valence-electron chi connectivity index (χ3n) is 6.00. The lowest BCUT2D eigenvalue weighted by atomic mass is 9.95. The summed E-state index contributed by atoms with van der Waals surface area (Å²) >= 11 is 0. The molecule has 6 heteroatoms. The molecule has 1 fully saturated rings. The van der Waals surface area contributed by atoms with Gasteiger partial charge < -0.3 is 15.5 Å². The number of rotatable bonds is 3. The largest absolute Gasteiger partial charge is 0.356 e. The first-order valence-electron chi connectivity index (χ1n) is 10.3. The Kier molecular flexibility index (Phi) is 5.46. The molecule has 1 aliphatic heterocycles. The van der Waals surface area contributed by atoms with E-state index in [1.165, 1.54) is 35.2 Å². The molecular formula is C22H29N5O. The minimum Gasteiger partial charge on any atom is -0.356 e. The number of amides is 2. The van der Waals surface area contributed by atoms with Crippen molar-refractivity contribution in [1.29, 1.82) is 0 Å². The number of nitrogens with zero attached hydrogens (tertiary/aromatic N) is 3. The quantitative estimate of drug-likeness (QED) is 0.852. The predicted molar refractivity (Wildman–Crippen MR) is 112 cm³/mol. The van der Waals surface area contributed by atoms with Crippen LogP contribution in [0.5, 0.6) is 0 Å². The molecule has 148 valence electrons. The average Bonchev–Trinajstić information content (AvgIpc) is 2.71. The second-order valence-electron chi connectivity index (χ2n) is 7.99. The van der Waals surface area contributed by atoms with Crippen LogP contribution < -0.4 is 15.5 Å². The second kappa shape index (κ2) is 8.17. The zero-order chi connectivity index (χ0) is 19.5. The summed E-state index contributed by atoms with van der Waals surface area (Å²) in [6.45, 7) is 5.96. The molecule has 0 unspecified atom stereocenters. The van der Waals surface area contributed by atoms with E-state index in [1.807, 2.05) is 18.2 Å². The first-order chi connectivity index (χ1) is 13.6. The topological polar surface area (TPSA) is 70.2 Å². The fourth-order valence-electron chi connectivity index (χ4n) is 4.18. The van der Waals surface area contributed by atoms with E-state index in [0.717, 1.165) is 50.3 Å². The minimum absolute atomic E-state index is 0.124. The number of anilines is 2. The van der Waals surface area contributed by atoms with Crippen LogP contribution in [-0.4, -0.2) is 35.1 Å². The van der Waals surface area contributed by atoms with Crippen molar-refractivity contribution < 1.29 is 4.79 Å². The normalized spacial score (nSPS) is 17.1. The van der Waals surface area contributed by atoms with E-state index < -0.39 is 0 Å². The van der Waals surface area contributed by atoms with Crippen LogP contribution in [0.4, 0.5) is 16.3 Å². The first kappa shape index (κ1) is 18.7. The summed E-state index contributed by atoms with van der Waals surface area (Å²) in [5, 5.41) is 6.08. The Balaban J connectivity index is 1.32. The molecule has 6 nitrogen and oxygen atoms in total. The van der Waals surface area contributed by atoms with E-state index in [9.17, 15) is 4.79 Å². The third kappa shape index (κ3) is 4.11. The highest BCUT2D eigenvalue weighted by Gasteiger charge is 2.25. The standard InChI is InChI=1S/C22H29N5O/c1-15-7-8-18(13-16(15)2)26-22(28)25-17-9-11-27(12-10-17)21-19-5-3-4-6-20(19)23-14-24-21/h7-8,13-14,17H,3-6,9-12H2,1-2H3,(H2,25,26,28). The molecule has 1 aromatic carbocycles. The third-order valence-corrected chi connectivity index (χ3v) is 6.00. The number of urea groups is 1. The summed E-state index contributed by atoms with van der Waals surface area (Å²) in [5.41, 5.74) is 5.81. The van der Waals surface area contributed by atoms with Crippen molar-refractivity contribution >= 4 is 17.5 Å². The fraction of sp³-hybridized carbons (Fsp3) is 0.500. The molecule has 0 saturated carbocycles. The number of carbonyl (C=O) groups is 1. The molecule has 2 aliphatic rings. The lowest BCUT2D eigenvalue weighted by Gasteiger charge is -2.35. The van der Waals surface area contributed by atoms with E-state index in [0.29, 0.717) is 0 Å². The molecule has 2 aromatic rings. The number of fused-ring (bicyclic) bond motifs is 1. The van der Waals surface area contributed by atoms with Gasteiger partial charge in [-0.25, -0.2) is 14.8 Å². The molecule has 1 aliphatic carbocycles. The zero-order valence-corrected chi connectivity index (χ0v) is 16.8. The highest BCUT2D eigenvalue weighted by atomic mass is 16.2. The van der Waals surface area contributed by atoms with E-state index in [4.69, 9.17) is 0 Å². The molecule has 0 bridgehead atoms. The van der Waals surface area contributed by atoms with Gasteiger partial charge in [0.1, 0.15) is 12.1 Å². The molecule has 0 radical (unpaired) electrons. The Hall–Kier alpha value is -2.63. The Morgan fingerprint density at radius 1 is 1.07 bits per heavy atom. The van der Waals surface area contributed by atoms with Crippen LogP contribution in [0.2, 0.25) is 0 Å². The maximum absolute atomic E-state index is 12.4. The predicted octanol–water partition coefficient (Wildman–Crippen LogP) is 3.76. The van der Waals surface area contributed by atoms with Gasteiger partial charge in [-0.05, 0) is 75.6 Å². The zero-order valence-electron chi connectivity index (χ0n) is 16.8. The van der Waals surface area contributed by atoms with E-state index in [-0.39, 0.29) is 12.1 Å². The van der Waals surface area contributed by atoms with Gasteiger partial charge in [0, 0.05) is 36.1 Å². The summed E-state index contributed by atoms with van der Waals surface area (Å²) < 4.78 is 0. The number of piperidine rings is 1. The van der Waals surface area contributed by atoms with Gasteiger partial charge in [0.05, 0.1) is 0 Å². The van der Waals surface area contributed by atoms with Crippen molar-refractivity contribution in [2.75, 3.05) is 23.3 Å². The van der Waals surface area contributed by atoms with Crippen LogP contribution in [0.25, 0.3) is 0 Å². The molecule has 2 N–H and O–H groups in total. The molecule has 28 heavy (non-hydrogen) atoms. The maximum atomic E-state index is 12.4. The number of carbonyl (C=O) groups excluding carboxylic acids is 1. The lowest BCUT2D eigenvalue weighted by molar-refractivity contribution is 0.246. The Morgan fingerprint density at radius 3 is 2.64 bits per heavy atom. The van der Waals surface area contributed by atoms with Crippen LogP contribution in [-0.2, 0) is 12.8 Å². The molecule has 4 rings (SSSR count). The van der Waals surface area contributed by atoms with Crippen LogP contribution in [0, 0.1) is 13.8 Å². The van der Waals surface area contributed by atoms with E-state index in [2.05, 4.69) is 39.3 Å². The van der Waals surface area contributed by atoms with Gasteiger partial charge in [0.15, 0.2) is 0 Å². The molecule has 2 amide bonds. The lowest BCUT2D eigenvalue weighted by Crippen LogP contribution is -2.46. The van der Waals surface area contributed by atoms with Gasteiger partial charge in [-0.2, -0.15) is 0 Å². The van der Waals surface area contributed by atoms with Gasteiger partial charge in [-0.3, -0.25) is 0 Å². The van der Waals surface area contributed by atoms with Gasteiger partial charge >= 0.3 is 6.03 Å². The molecule has 1 aromatic heterocycles. The fourth-order valence-corrected chi connectivity index (χ4v) is 4.18. The first-order valence-corrected chi connectivity index (χ1v) is 10.3. The van der Waals surface area contributed by atoms with Crippen LogP contribution in [0.3, 0.4) is 0 Å².